The average molecular weight is 473 g/mol. The minimum atomic E-state index is -1.78. The molecule has 0 unspecified atom stereocenters. The van der Waals surface area contributed by atoms with Gasteiger partial charge in [-0.3, -0.25) is 20.2 Å². The summed E-state index contributed by atoms with van der Waals surface area (Å²) in [4.78, 5) is 39.5. The molecule has 9 nitrogen and oxygen atoms in total. The van der Waals surface area contributed by atoms with Gasteiger partial charge in [0, 0.05) is 13.0 Å². The number of hydrogen-bond acceptors (Lipinski definition) is 8. The number of benzene rings is 1. The van der Waals surface area contributed by atoms with Gasteiger partial charge in [-0.05, 0) is 31.4 Å². The summed E-state index contributed by atoms with van der Waals surface area (Å²) in [5.74, 6) is 1.31. The van der Waals surface area contributed by atoms with E-state index in [-0.39, 0.29) is 35.9 Å². The van der Waals surface area contributed by atoms with Crippen LogP contribution in [0.4, 0.5) is 19.3 Å². The Balaban J connectivity index is 1.70. The smallest absolute Gasteiger partial charge is 0.328 e. The maximum atomic E-state index is 15.4. The predicted octanol–water partition coefficient (Wildman–Crippen LogP) is 1.11. The molecular weight excluding hydrogens is 456 g/mol. The van der Waals surface area contributed by atoms with E-state index in [9.17, 15) is 14.4 Å². The first kappa shape index (κ1) is 21.4. The Kier molecular flexibility index (Phi) is 4.91. The molecule has 4 heterocycles. The number of hydrogen-bond donors (Lipinski definition) is 2. The molecule has 2 fully saturated rings. The molecule has 170 valence electrons. The molecule has 1 aromatic carbocycles. The van der Waals surface area contributed by atoms with Gasteiger partial charge in [0.1, 0.15) is 5.51 Å². The van der Waals surface area contributed by atoms with Crippen LogP contribution in [0.5, 0.6) is 0 Å². The number of carbonyl (C=O) groups excluding carboxylic acids is 3. The minimum Gasteiger partial charge on any atom is -0.372 e. The summed E-state index contributed by atoms with van der Waals surface area (Å²) in [6.45, 7) is 3.53. The molecule has 0 bridgehead atoms. The Bertz CT molecular complexity index is 1240. The fourth-order valence-corrected chi connectivity index (χ4v) is 5.37. The summed E-state index contributed by atoms with van der Waals surface area (Å²) in [5.41, 5.74) is -0.372. The zero-order chi connectivity index (χ0) is 23.5. The summed E-state index contributed by atoms with van der Waals surface area (Å²) in [7, 11) is 0. The average Bonchev–Trinajstić information content (AvgIpc) is 3.26. The van der Waals surface area contributed by atoms with Gasteiger partial charge < -0.3 is 9.64 Å². The van der Waals surface area contributed by atoms with Crippen molar-refractivity contribution in [2.45, 2.75) is 38.5 Å². The highest BCUT2D eigenvalue weighted by Gasteiger charge is 2.63. The number of nitrogens with zero attached hydrogens (tertiary/aromatic N) is 3. The van der Waals surface area contributed by atoms with Crippen LogP contribution in [-0.4, -0.2) is 52.8 Å². The van der Waals surface area contributed by atoms with Crippen LogP contribution in [0.3, 0.4) is 0 Å². The molecule has 3 aliphatic heterocycles. The normalized spacial score (nSPS) is 25.5. The van der Waals surface area contributed by atoms with Crippen LogP contribution < -0.4 is 15.5 Å². The quantitative estimate of drug-likeness (QED) is 0.435. The van der Waals surface area contributed by atoms with Gasteiger partial charge in [0.2, 0.25) is 11.8 Å². The first-order chi connectivity index (χ1) is 15.7. The van der Waals surface area contributed by atoms with E-state index in [2.05, 4.69) is 32.7 Å². The summed E-state index contributed by atoms with van der Waals surface area (Å²) >= 11 is 1.14. The van der Waals surface area contributed by atoms with Gasteiger partial charge in [-0.15, -0.1) is 10.2 Å². The Hall–Kier alpha value is -3.43. The third-order valence-electron chi connectivity index (χ3n) is 6.13. The van der Waals surface area contributed by atoms with Gasteiger partial charge >= 0.3 is 6.03 Å². The highest BCUT2D eigenvalue weighted by atomic mass is 32.1. The van der Waals surface area contributed by atoms with Crippen molar-refractivity contribution in [3.05, 3.63) is 39.3 Å². The second-order valence-corrected chi connectivity index (χ2v) is 9.02. The van der Waals surface area contributed by atoms with E-state index >= 15 is 8.78 Å². The maximum absolute atomic E-state index is 15.4. The highest BCUT2D eigenvalue weighted by Crippen LogP contribution is 2.48. The van der Waals surface area contributed by atoms with E-state index in [0.29, 0.717) is 5.01 Å². The number of halogens is 2. The third-order valence-corrected chi connectivity index (χ3v) is 6.74. The molecule has 3 aliphatic rings. The van der Waals surface area contributed by atoms with Crippen molar-refractivity contribution >= 4 is 34.9 Å². The number of ether oxygens (including phenoxy) is 1. The fraction of sp³-hybridized carbons (Fsp3) is 0.381. The van der Waals surface area contributed by atoms with Crippen molar-refractivity contribution in [2.24, 2.45) is 5.41 Å². The molecule has 3 atom stereocenters. The first-order valence-electron chi connectivity index (χ1n) is 10.1. The van der Waals surface area contributed by atoms with Crippen molar-refractivity contribution in [1.29, 1.82) is 0 Å². The van der Waals surface area contributed by atoms with Gasteiger partial charge in [-0.2, -0.15) is 0 Å². The van der Waals surface area contributed by atoms with Crippen LogP contribution in [0.1, 0.15) is 30.0 Å². The number of barbiturate groups is 1. The standard InChI is InChI=1S/C21H17F2N5O4S/c1-9-7-28-16-12(5-11(14(22)15(16)23)3-4-13-27-24-8-33-13)6-21(17(28)10(2)32-9)18(29)25-20(31)26-19(21)30/h5,8-10,17H,6-7H2,1-2H3,(H2,25,26,29,30,31)/t9-,10+,17-/m0/s1. The van der Waals surface area contributed by atoms with E-state index in [1.54, 1.807) is 13.8 Å². The topological polar surface area (TPSA) is 114 Å². The second kappa shape index (κ2) is 7.57. The molecule has 0 saturated carbocycles. The molecule has 5 rings (SSSR count). The number of carbonyl (C=O) groups is 3. The minimum absolute atomic E-state index is 0.0379. The Morgan fingerprint density at radius 1 is 1.18 bits per heavy atom. The summed E-state index contributed by atoms with van der Waals surface area (Å²) in [6, 6.07) is -0.553. The van der Waals surface area contributed by atoms with Crippen LogP contribution >= 0.6 is 11.3 Å². The van der Waals surface area contributed by atoms with Crippen molar-refractivity contribution in [3.63, 3.8) is 0 Å². The summed E-state index contributed by atoms with van der Waals surface area (Å²) in [6.07, 6.45) is -1.33. The second-order valence-electron chi connectivity index (χ2n) is 8.19. The van der Waals surface area contributed by atoms with Gasteiger partial charge in [0.25, 0.3) is 0 Å². The molecular formula is C21H17F2N5O4S. The number of urea groups is 1. The number of imide groups is 2. The lowest BCUT2D eigenvalue weighted by molar-refractivity contribution is -0.153. The zero-order valence-electron chi connectivity index (χ0n) is 17.4. The van der Waals surface area contributed by atoms with Gasteiger partial charge in [-0.25, -0.2) is 13.6 Å². The first-order valence-corrected chi connectivity index (χ1v) is 11.0. The third kappa shape index (κ3) is 3.19. The SMILES string of the molecule is C[C@H]1CN2c3c(cc(C#Cc4nncs4)c(F)c3F)CC3(C(=O)NC(=O)NC3=O)[C@@H]2[C@@H](C)O1. The summed E-state index contributed by atoms with van der Waals surface area (Å²) in [5, 5.41) is 12.0. The number of rotatable bonds is 0. The van der Waals surface area contributed by atoms with Crippen molar-refractivity contribution in [3.8, 4) is 11.8 Å². The molecule has 0 aliphatic carbocycles. The monoisotopic (exact) mass is 473 g/mol. The molecule has 1 aromatic heterocycles. The lowest BCUT2D eigenvalue weighted by atomic mass is 9.66. The largest absolute Gasteiger partial charge is 0.372 e. The van der Waals surface area contributed by atoms with Crippen LogP contribution in [0.2, 0.25) is 0 Å². The Morgan fingerprint density at radius 3 is 2.58 bits per heavy atom. The number of fused-ring (bicyclic) bond motifs is 4. The molecule has 2 N–H and O–H groups in total. The number of morpholine rings is 1. The molecule has 4 amide bonds. The predicted molar refractivity (Wildman–Crippen MR) is 111 cm³/mol. The van der Waals surface area contributed by atoms with E-state index in [0.717, 1.165) is 11.3 Å². The highest BCUT2D eigenvalue weighted by molar-refractivity contribution is 7.09. The fourth-order valence-electron chi connectivity index (χ4n) is 4.98. The van der Waals surface area contributed by atoms with E-state index in [1.165, 1.54) is 16.5 Å². The van der Waals surface area contributed by atoms with Crippen LogP contribution in [0.15, 0.2) is 11.6 Å². The van der Waals surface area contributed by atoms with Crippen LogP contribution in [0.25, 0.3) is 0 Å². The van der Waals surface area contributed by atoms with Crippen molar-refractivity contribution in [1.82, 2.24) is 20.8 Å². The number of amides is 4. The molecule has 0 radical (unpaired) electrons. The summed E-state index contributed by atoms with van der Waals surface area (Å²) < 4.78 is 36.3. The maximum Gasteiger partial charge on any atom is 0.328 e. The molecule has 2 aromatic rings. The van der Waals surface area contributed by atoms with E-state index in [4.69, 9.17) is 4.74 Å². The Labute approximate surface area is 190 Å². The molecule has 1 spiro atoms. The lowest BCUT2D eigenvalue weighted by Crippen LogP contribution is -2.75. The number of anilines is 1. The molecule has 33 heavy (non-hydrogen) atoms. The van der Waals surface area contributed by atoms with Gasteiger partial charge in [-0.1, -0.05) is 17.3 Å². The molecule has 12 heteroatoms. The lowest BCUT2D eigenvalue weighted by Gasteiger charge is -2.55. The van der Waals surface area contributed by atoms with E-state index < -0.39 is 47.0 Å². The van der Waals surface area contributed by atoms with Crippen LogP contribution in [-0.2, 0) is 20.7 Å². The number of nitrogens with one attached hydrogen (secondary N) is 2. The zero-order valence-corrected chi connectivity index (χ0v) is 18.3. The van der Waals surface area contributed by atoms with Crippen LogP contribution in [0, 0.1) is 28.9 Å². The van der Waals surface area contributed by atoms with Crippen molar-refractivity contribution in [2.75, 3.05) is 11.4 Å². The van der Waals surface area contributed by atoms with Crippen molar-refractivity contribution < 1.29 is 27.9 Å². The Morgan fingerprint density at radius 2 is 1.91 bits per heavy atom. The van der Waals surface area contributed by atoms with E-state index in [1.807, 2.05) is 0 Å². The molecule has 2 saturated heterocycles. The van der Waals surface area contributed by atoms with Gasteiger partial charge in [0.15, 0.2) is 22.1 Å². The number of aromatic nitrogens is 2. The van der Waals surface area contributed by atoms with Gasteiger partial charge in [0.05, 0.1) is 29.5 Å².